The van der Waals surface area contributed by atoms with Crippen molar-refractivity contribution in [3.05, 3.63) is 17.5 Å². The zero-order chi connectivity index (χ0) is 12.3. The normalized spacial score (nSPS) is 22.5. The van der Waals surface area contributed by atoms with Crippen molar-refractivity contribution in [2.24, 2.45) is 0 Å². The van der Waals surface area contributed by atoms with Gasteiger partial charge in [-0.3, -0.25) is 0 Å². The Morgan fingerprint density at radius 2 is 2.29 bits per heavy atom. The first kappa shape index (κ1) is 12.6. The van der Waals surface area contributed by atoms with Crippen LogP contribution in [0.1, 0.15) is 19.8 Å². The third-order valence-electron chi connectivity index (χ3n) is 3.28. The van der Waals surface area contributed by atoms with Crippen LogP contribution in [0.4, 0.5) is 5.82 Å². The summed E-state index contributed by atoms with van der Waals surface area (Å²) in [6.07, 6.45) is 4.01. The summed E-state index contributed by atoms with van der Waals surface area (Å²) in [5.41, 5.74) is 0. The van der Waals surface area contributed by atoms with Crippen molar-refractivity contribution < 1.29 is 0 Å². The largest absolute Gasteiger partial charge is 0.352 e. The molecule has 0 aliphatic carbocycles. The maximum absolute atomic E-state index is 5.87. The highest BCUT2D eigenvalue weighted by Gasteiger charge is 2.23. The highest BCUT2D eigenvalue weighted by Crippen LogP contribution is 2.20. The number of hydrogen-bond donors (Lipinski definition) is 0. The van der Waals surface area contributed by atoms with Gasteiger partial charge in [-0.05, 0) is 44.1 Å². The van der Waals surface area contributed by atoms with Crippen molar-refractivity contribution in [3.8, 4) is 0 Å². The van der Waals surface area contributed by atoms with E-state index in [1.54, 1.807) is 6.20 Å². The molecule has 0 radical (unpaired) electrons. The van der Waals surface area contributed by atoms with Crippen molar-refractivity contribution in [3.63, 3.8) is 0 Å². The van der Waals surface area contributed by atoms with E-state index >= 15 is 0 Å². The van der Waals surface area contributed by atoms with Gasteiger partial charge < -0.3 is 9.80 Å². The zero-order valence-electron chi connectivity index (χ0n) is 10.4. The van der Waals surface area contributed by atoms with Crippen LogP contribution in [0.3, 0.4) is 0 Å². The van der Waals surface area contributed by atoms with Crippen LogP contribution in [0.2, 0.25) is 5.28 Å². The summed E-state index contributed by atoms with van der Waals surface area (Å²) in [5, 5.41) is 0.329. The summed E-state index contributed by atoms with van der Waals surface area (Å²) < 4.78 is 0. The van der Waals surface area contributed by atoms with Crippen LogP contribution in [-0.4, -0.2) is 47.6 Å². The summed E-state index contributed by atoms with van der Waals surface area (Å²) in [6.45, 7) is 5.49. The van der Waals surface area contributed by atoms with Gasteiger partial charge in [-0.25, -0.2) is 9.97 Å². The van der Waals surface area contributed by atoms with Gasteiger partial charge in [0.2, 0.25) is 5.28 Å². The first-order valence-corrected chi connectivity index (χ1v) is 6.52. The van der Waals surface area contributed by atoms with Crippen molar-refractivity contribution >= 4 is 17.4 Å². The summed E-state index contributed by atoms with van der Waals surface area (Å²) in [7, 11) is 2.18. The fourth-order valence-electron chi connectivity index (χ4n) is 2.38. The molecule has 1 aliphatic rings. The molecule has 0 amide bonds. The Labute approximate surface area is 108 Å². The quantitative estimate of drug-likeness (QED) is 0.757. The van der Waals surface area contributed by atoms with Crippen LogP contribution in [0.25, 0.3) is 0 Å². The molecule has 2 heterocycles. The van der Waals surface area contributed by atoms with E-state index in [9.17, 15) is 0 Å². The van der Waals surface area contributed by atoms with Gasteiger partial charge in [0.05, 0.1) is 0 Å². The van der Waals surface area contributed by atoms with Gasteiger partial charge in [-0.1, -0.05) is 6.92 Å². The molecule has 0 bridgehead atoms. The van der Waals surface area contributed by atoms with E-state index in [2.05, 4.69) is 33.7 Å². The molecule has 1 unspecified atom stereocenters. The fourth-order valence-corrected chi connectivity index (χ4v) is 2.52. The van der Waals surface area contributed by atoms with E-state index in [1.165, 1.54) is 0 Å². The first-order valence-electron chi connectivity index (χ1n) is 6.14. The molecule has 0 saturated carbocycles. The molecule has 1 aromatic rings. The lowest BCUT2D eigenvalue weighted by Gasteiger charge is -2.31. The predicted molar refractivity (Wildman–Crippen MR) is 70.6 cm³/mol. The molecular formula is C12H19ClN4. The standard InChI is InChI=1S/C12H19ClN4/c1-3-10-9-16(2)7-4-8-17(10)11-5-6-14-12(13)15-11/h5-6,10H,3-4,7-9H2,1-2H3. The van der Waals surface area contributed by atoms with E-state index < -0.39 is 0 Å². The van der Waals surface area contributed by atoms with Gasteiger partial charge in [-0.15, -0.1) is 0 Å². The second-order valence-corrected chi connectivity index (χ2v) is 4.89. The smallest absolute Gasteiger partial charge is 0.224 e. The van der Waals surface area contributed by atoms with Crippen molar-refractivity contribution in [2.45, 2.75) is 25.8 Å². The van der Waals surface area contributed by atoms with Crippen molar-refractivity contribution in [2.75, 3.05) is 31.6 Å². The monoisotopic (exact) mass is 254 g/mol. The maximum Gasteiger partial charge on any atom is 0.224 e. The molecule has 17 heavy (non-hydrogen) atoms. The number of anilines is 1. The molecule has 1 atom stereocenters. The molecule has 1 fully saturated rings. The second kappa shape index (κ2) is 5.65. The zero-order valence-corrected chi connectivity index (χ0v) is 11.2. The Morgan fingerprint density at radius 3 is 3.00 bits per heavy atom. The fraction of sp³-hybridized carbons (Fsp3) is 0.667. The van der Waals surface area contributed by atoms with E-state index in [0.717, 1.165) is 38.3 Å². The number of nitrogens with zero attached hydrogens (tertiary/aromatic N) is 4. The van der Waals surface area contributed by atoms with Crippen LogP contribution >= 0.6 is 11.6 Å². The SMILES string of the molecule is CCC1CN(C)CCCN1c1ccnc(Cl)n1. The Balaban J connectivity index is 2.22. The van der Waals surface area contributed by atoms with Gasteiger partial charge in [0.1, 0.15) is 5.82 Å². The van der Waals surface area contributed by atoms with Crippen LogP contribution < -0.4 is 4.90 Å². The van der Waals surface area contributed by atoms with Gasteiger partial charge >= 0.3 is 0 Å². The van der Waals surface area contributed by atoms with Crippen LogP contribution in [0.15, 0.2) is 12.3 Å². The van der Waals surface area contributed by atoms with Gasteiger partial charge in [0, 0.05) is 25.3 Å². The molecule has 4 nitrogen and oxygen atoms in total. The average molecular weight is 255 g/mol. The Hall–Kier alpha value is -0.870. The van der Waals surface area contributed by atoms with Crippen LogP contribution in [0.5, 0.6) is 0 Å². The lowest BCUT2D eigenvalue weighted by Crippen LogP contribution is -2.40. The molecule has 1 aromatic heterocycles. The molecule has 94 valence electrons. The molecule has 0 aromatic carbocycles. The van der Waals surface area contributed by atoms with E-state index in [-0.39, 0.29) is 0 Å². The first-order chi connectivity index (χ1) is 8.20. The Bertz CT molecular complexity index is 371. The van der Waals surface area contributed by atoms with Gasteiger partial charge in [0.25, 0.3) is 0 Å². The lowest BCUT2D eigenvalue weighted by molar-refractivity contribution is 0.327. The minimum Gasteiger partial charge on any atom is -0.352 e. The molecular weight excluding hydrogens is 236 g/mol. The minimum absolute atomic E-state index is 0.329. The molecule has 1 saturated heterocycles. The number of halogens is 1. The Morgan fingerprint density at radius 1 is 1.47 bits per heavy atom. The summed E-state index contributed by atoms with van der Waals surface area (Å²) in [5.74, 6) is 0.951. The molecule has 0 N–H and O–H groups in total. The van der Waals surface area contributed by atoms with Crippen LogP contribution in [0, 0.1) is 0 Å². The maximum atomic E-state index is 5.87. The predicted octanol–water partition coefficient (Wildman–Crippen LogP) is 2.05. The summed E-state index contributed by atoms with van der Waals surface area (Å²) in [4.78, 5) is 13.0. The molecule has 2 rings (SSSR count). The van der Waals surface area contributed by atoms with E-state index in [4.69, 9.17) is 11.6 Å². The highest BCUT2D eigenvalue weighted by molar-refractivity contribution is 6.28. The molecule has 0 spiro atoms. The van der Waals surface area contributed by atoms with Gasteiger partial charge in [-0.2, -0.15) is 0 Å². The van der Waals surface area contributed by atoms with E-state index in [0.29, 0.717) is 11.3 Å². The third kappa shape index (κ3) is 3.07. The van der Waals surface area contributed by atoms with E-state index in [1.807, 2.05) is 6.07 Å². The highest BCUT2D eigenvalue weighted by atomic mass is 35.5. The number of hydrogen-bond acceptors (Lipinski definition) is 4. The number of aromatic nitrogens is 2. The Kier molecular flexibility index (Phi) is 4.18. The lowest BCUT2D eigenvalue weighted by atomic mass is 10.2. The summed E-state index contributed by atoms with van der Waals surface area (Å²) >= 11 is 5.87. The third-order valence-corrected chi connectivity index (χ3v) is 3.46. The van der Waals surface area contributed by atoms with Crippen molar-refractivity contribution in [1.82, 2.24) is 14.9 Å². The summed E-state index contributed by atoms with van der Waals surface area (Å²) in [6, 6.07) is 2.45. The topological polar surface area (TPSA) is 32.3 Å². The van der Waals surface area contributed by atoms with Crippen LogP contribution in [-0.2, 0) is 0 Å². The number of likely N-dealkylation sites (N-methyl/N-ethyl adjacent to an activating group) is 1. The average Bonchev–Trinajstić information content (AvgIpc) is 2.50. The molecule has 5 heteroatoms. The molecule has 1 aliphatic heterocycles. The number of rotatable bonds is 2. The van der Waals surface area contributed by atoms with Crippen molar-refractivity contribution in [1.29, 1.82) is 0 Å². The minimum atomic E-state index is 0.329. The van der Waals surface area contributed by atoms with Gasteiger partial charge in [0.15, 0.2) is 0 Å². The second-order valence-electron chi connectivity index (χ2n) is 4.56.